The van der Waals surface area contributed by atoms with Gasteiger partial charge >= 0.3 is 0 Å². The molecule has 0 aliphatic carbocycles. The van der Waals surface area contributed by atoms with E-state index in [2.05, 4.69) is 14.3 Å². The van der Waals surface area contributed by atoms with Crippen LogP contribution in [0.2, 0.25) is 0 Å². The second-order valence-corrected chi connectivity index (χ2v) is 7.72. The van der Waals surface area contributed by atoms with Gasteiger partial charge in [-0.25, -0.2) is 17.7 Å². The summed E-state index contributed by atoms with van der Waals surface area (Å²) in [7, 11) is -3.09. The summed E-state index contributed by atoms with van der Waals surface area (Å²) in [6.07, 6.45) is 2.34. The number of anilines is 1. The monoisotopic (exact) mass is 318 g/mol. The van der Waals surface area contributed by atoms with E-state index in [9.17, 15) is 8.42 Å². The molecule has 20 heavy (non-hydrogen) atoms. The molecule has 0 aromatic carbocycles. The molecule has 0 N–H and O–H groups in total. The van der Waals surface area contributed by atoms with Crippen LogP contribution in [-0.4, -0.2) is 54.0 Å². The van der Waals surface area contributed by atoms with Gasteiger partial charge in [0.1, 0.15) is 5.82 Å². The SMILES string of the molecule is CCCS(=O)(=O)N1CCCN(c2nc(CC)ns2)CC1. The fourth-order valence-electron chi connectivity index (χ4n) is 2.27. The van der Waals surface area contributed by atoms with Gasteiger partial charge in [0.05, 0.1) is 5.75 Å². The Morgan fingerprint density at radius 2 is 2.00 bits per heavy atom. The molecule has 2 rings (SSSR count). The first-order valence-electron chi connectivity index (χ1n) is 7.12. The molecule has 0 spiro atoms. The predicted octanol–water partition coefficient (Wildman–Crippen LogP) is 1.35. The van der Waals surface area contributed by atoms with Crippen molar-refractivity contribution in [3.8, 4) is 0 Å². The van der Waals surface area contributed by atoms with Crippen molar-refractivity contribution in [2.24, 2.45) is 0 Å². The molecule has 2 heterocycles. The Morgan fingerprint density at radius 1 is 1.20 bits per heavy atom. The normalized spacial score (nSPS) is 18.2. The van der Waals surface area contributed by atoms with Crippen molar-refractivity contribution >= 4 is 26.7 Å². The fraction of sp³-hybridized carbons (Fsp3) is 0.833. The van der Waals surface area contributed by atoms with Crippen LogP contribution in [0.15, 0.2) is 0 Å². The molecular formula is C12H22N4O2S2. The van der Waals surface area contributed by atoms with Crippen LogP contribution in [0, 0.1) is 0 Å². The van der Waals surface area contributed by atoms with Gasteiger partial charge in [0, 0.05) is 44.1 Å². The van der Waals surface area contributed by atoms with Crippen LogP contribution >= 0.6 is 11.5 Å². The van der Waals surface area contributed by atoms with Gasteiger partial charge in [0.2, 0.25) is 15.2 Å². The summed E-state index contributed by atoms with van der Waals surface area (Å²) in [5.74, 6) is 1.11. The summed E-state index contributed by atoms with van der Waals surface area (Å²) in [5, 5.41) is 0.914. The number of hydrogen-bond donors (Lipinski definition) is 0. The van der Waals surface area contributed by atoms with Gasteiger partial charge in [-0.3, -0.25) is 0 Å². The molecule has 1 aromatic rings. The average molecular weight is 318 g/mol. The third-order valence-electron chi connectivity index (χ3n) is 3.35. The zero-order valence-corrected chi connectivity index (χ0v) is 13.7. The number of hydrogen-bond acceptors (Lipinski definition) is 6. The smallest absolute Gasteiger partial charge is 0.214 e. The molecule has 0 unspecified atom stereocenters. The molecule has 0 radical (unpaired) electrons. The molecule has 6 nitrogen and oxygen atoms in total. The molecule has 8 heteroatoms. The van der Waals surface area contributed by atoms with Crippen molar-refractivity contribution in [1.82, 2.24) is 13.7 Å². The van der Waals surface area contributed by atoms with E-state index in [-0.39, 0.29) is 5.75 Å². The highest BCUT2D eigenvalue weighted by Crippen LogP contribution is 2.20. The van der Waals surface area contributed by atoms with Crippen molar-refractivity contribution < 1.29 is 8.42 Å². The first kappa shape index (κ1) is 15.7. The summed E-state index contributed by atoms with van der Waals surface area (Å²) in [5.41, 5.74) is 0. The molecular weight excluding hydrogens is 296 g/mol. The Labute approximate surface area is 125 Å². The number of sulfonamides is 1. The molecule has 1 fully saturated rings. The van der Waals surface area contributed by atoms with Crippen LogP contribution in [0.5, 0.6) is 0 Å². The average Bonchev–Trinajstić information content (AvgIpc) is 2.74. The maximum absolute atomic E-state index is 12.1. The summed E-state index contributed by atoms with van der Waals surface area (Å²) in [4.78, 5) is 6.63. The zero-order chi connectivity index (χ0) is 14.6. The molecule has 1 aliphatic heterocycles. The van der Waals surface area contributed by atoms with Gasteiger partial charge in [-0.15, -0.1) is 0 Å². The van der Waals surface area contributed by atoms with E-state index in [1.807, 2.05) is 13.8 Å². The Balaban J connectivity index is 2.02. The summed E-state index contributed by atoms with van der Waals surface area (Å²) < 4.78 is 30.1. The molecule has 1 saturated heterocycles. The van der Waals surface area contributed by atoms with Crippen LogP contribution in [0.4, 0.5) is 5.13 Å². The topological polar surface area (TPSA) is 66.4 Å². The van der Waals surface area contributed by atoms with Crippen molar-refractivity contribution in [3.05, 3.63) is 5.82 Å². The van der Waals surface area contributed by atoms with Gasteiger partial charge in [-0.2, -0.15) is 4.37 Å². The lowest BCUT2D eigenvalue weighted by Gasteiger charge is -2.20. The van der Waals surface area contributed by atoms with Crippen LogP contribution in [0.1, 0.15) is 32.5 Å². The number of aromatic nitrogens is 2. The van der Waals surface area contributed by atoms with Crippen molar-refractivity contribution in [2.75, 3.05) is 36.8 Å². The summed E-state index contributed by atoms with van der Waals surface area (Å²) >= 11 is 1.41. The Morgan fingerprint density at radius 3 is 2.65 bits per heavy atom. The minimum Gasteiger partial charge on any atom is -0.345 e. The first-order valence-corrected chi connectivity index (χ1v) is 9.50. The molecule has 0 amide bonds. The number of rotatable bonds is 5. The van der Waals surface area contributed by atoms with E-state index in [4.69, 9.17) is 0 Å². The van der Waals surface area contributed by atoms with Crippen molar-refractivity contribution in [2.45, 2.75) is 33.1 Å². The lowest BCUT2D eigenvalue weighted by Crippen LogP contribution is -2.36. The quantitative estimate of drug-likeness (QED) is 0.820. The van der Waals surface area contributed by atoms with E-state index >= 15 is 0 Å². The predicted molar refractivity (Wildman–Crippen MR) is 81.8 cm³/mol. The molecule has 114 valence electrons. The third kappa shape index (κ3) is 3.67. The standard InChI is InChI=1S/C12H22N4O2S2/c1-3-10-20(17,18)16-7-5-6-15(8-9-16)12-13-11(4-2)14-19-12/h3-10H2,1-2H3. The van der Waals surface area contributed by atoms with E-state index < -0.39 is 10.0 Å². The Kier molecular flexibility index (Phi) is 5.34. The van der Waals surface area contributed by atoms with E-state index in [1.54, 1.807) is 4.31 Å². The second-order valence-electron chi connectivity index (χ2n) is 4.90. The van der Waals surface area contributed by atoms with Gasteiger partial charge in [0.25, 0.3) is 0 Å². The Bertz CT molecular complexity index is 529. The number of nitrogens with zero attached hydrogens (tertiary/aromatic N) is 4. The van der Waals surface area contributed by atoms with Crippen LogP contribution < -0.4 is 4.90 Å². The summed E-state index contributed by atoms with van der Waals surface area (Å²) in [6.45, 7) is 6.63. The highest BCUT2D eigenvalue weighted by atomic mass is 32.2. The van der Waals surface area contributed by atoms with E-state index in [1.165, 1.54) is 11.5 Å². The van der Waals surface area contributed by atoms with Crippen LogP contribution in [-0.2, 0) is 16.4 Å². The lowest BCUT2D eigenvalue weighted by molar-refractivity contribution is 0.432. The van der Waals surface area contributed by atoms with Gasteiger partial charge in [0.15, 0.2) is 0 Å². The van der Waals surface area contributed by atoms with Crippen LogP contribution in [0.25, 0.3) is 0 Å². The molecule has 1 aliphatic rings. The minimum absolute atomic E-state index is 0.242. The maximum Gasteiger partial charge on any atom is 0.214 e. The van der Waals surface area contributed by atoms with E-state index in [0.717, 1.165) is 30.3 Å². The lowest BCUT2D eigenvalue weighted by atomic mass is 10.4. The molecule has 0 bridgehead atoms. The highest BCUT2D eigenvalue weighted by Gasteiger charge is 2.25. The third-order valence-corrected chi connectivity index (χ3v) is 6.25. The highest BCUT2D eigenvalue weighted by molar-refractivity contribution is 7.89. The summed E-state index contributed by atoms with van der Waals surface area (Å²) in [6, 6.07) is 0. The van der Waals surface area contributed by atoms with Gasteiger partial charge < -0.3 is 4.90 Å². The molecule has 1 aromatic heterocycles. The Hall–Kier alpha value is -0.730. The maximum atomic E-state index is 12.1. The number of aryl methyl sites for hydroxylation is 1. The fourth-order valence-corrected chi connectivity index (χ4v) is 4.61. The van der Waals surface area contributed by atoms with Gasteiger partial charge in [-0.05, 0) is 12.8 Å². The van der Waals surface area contributed by atoms with Crippen molar-refractivity contribution in [3.63, 3.8) is 0 Å². The first-order chi connectivity index (χ1) is 9.56. The second kappa shape index (κ2) is 6.82. The largest absolute Gasteiger partial charge is 0.345 e. The minimum atomic E-state index is -3.09. The van der Waals surface area contributed by atoms with Crippen LogP contribution in [0.3, 0.4) is 0 Å². The van der Waals surface area contributed by atoms with Crippen molar-refractivity contribution in [1.29, 1.82) is 0 Å². The van der Waals surface area contributed by atoms with Gasteiger partial charge in [-0.1, -0.05) is 13.8 Å². The van der Waals surface area contributed by atoms with E-state index in [0.29, 0.717) is 26.1 Å². The molecule has 0 atom stereocenters. The zero-order valence-electron chi connectivity index (χ0n) is 12.1. The molecule has 0 saturated carbocycles.